The maximum absolute atomic E-state index is 14.8. The van der Waals surface area contributed by atoms with Crippen molar-refractivity contribution in [3.63, 3.8) is 0 Å². The van der Waals surface area contributed by atoms with E-state index in [0.717, 1.165) is 5.52 Å². The summed E-state index contributed by atoms with van der Waals surface area (Å²) in [4.78, 5) is 61.5. The molecule has 3 aliphatic rings. The van der Waals surface area contributed by atoms with E-state index in [1.165, 1.54) is 0 Å². The van der Waals surface area contributed by atoms with Gasteiger partial charge in [0, 0.05) is 33.2 Å². The van der Waals surface area contributed by atoms with Crippen molar-refractivity contribution >= 4 is 34.7 Å². The lowest BCUT2D eigenvalue weighted by atomic mass is 9.70. The SMILES string of the molecule is C=CCCC(=O)N(C)[C@@H](C)[C@@H](OC(=O)[C@@H]1[C@@H]2CC[C@]3(O2)[C@H](C(=O)N(CC=C)Cn2nnc4ccccc42)N(CCCCO)C(=O)[C@@H]13)c1ccccc1. The number of likely N-dealkylation sites (tertiary alicyclic amines) is 1. The molecule has 0 saturated carbocycles. The number of unbranched alkanes of at least 4 members (excludes halogenated alkanes) is 1. The summed E-state index contributed by atoms with van der Waals surface area (Å²) in [5.41, 5.74) is 0.890. The fourth-order valence-corrected chi connectivity index (χ4v) is 8.19. The fourth-order valence-electron chi connectivity index (χ4n) is 8.19. The molecule has 3 saturated heterocycles. The molecule has 0 aliphatic carbocycles. The Bertz CT molecular complexity index is 1800. The highest BCUT2D eigenvalue weighted by atomic mass is 16.6. The van der Waals surface area contributed by atoms with Gasteiger partial charge in [-0.2, -0.15) is 0 Å². The lowest BCUT2D eigenvalue weighted by Gasteiger charge is -2.37. The first kappa shape index (κ1) is 36.9. The summed E-state index contributed by atoms with van der Waals surface area (Å²) >= 11 is 0. The number of aliphatic hydroxyl groups is 1. The third kappa shape index (κ3) is 6.74. The number of allylic oxidation sites excluding steroid dienone is 1. The van der Waals surface area contributed by atoms with E-state index >= 15 is 0 Å². The van der Waals surface area contributed by atoms with Crippen LogP contribution in [0.4, 0.5) is 0 Å². The normalized spacial score (nSPS) is 24.4. The Morgan fingerprint density at radius 3 is 2.60 bits per heavy atom. The molecule has 0 radical (unpaired) electrons. The number of ether oxygens (including phenoxy) is 2. The number of aromatic nitrogens is 3. The van der Waals surface area contributed by atoms with Crippen LogP contribution in [0, 0.1) is 11.8 Å². The van der Waals surface area contributed by atoms with Gasteiger partial charge in [0.05, 0.1) is 29.5 Å². The lowest BCUT2D eigenvalue weighted by Crippen LogP contribution is -2.56. The maximum Gasteiger partial charge on any atom is 0.313 e. The van der Waals surface area contributed by atoms with Gasteiger partial charge >= 0.3 is 5.97 Å². The van der Waals surface area contributed by atoms with Gasteiger partial charge in [-0.05, 0) is 56.7 Å². The molecule has 1 N–H and O–H groups in total. The number of hydrogen-bond donors (Lipinski definition) is 1. The number of carbonyl (C=O) groups excluding carboxylic acids is 4. The van der Waals surface area contributed by atoms with Crippen LogP contribution in [0.25, 0.3) is 11.0 Å². The monoisotopic (exact) mass is 712 g/mol. The highest BCUT2D eigenvalue weighted by Crippen LogP contribution is 2.59. The quantitative estimate of drug-likeness (QED) is 0.126. The molecule has 3 aromatic rings. The van der Waals surface area contributed by atoms with Gasteiger partial charge in [0.25, 0.3) is 0 Å². The van der Waals surface area contributed by atoms with Crippen molar-refractivity contribution in [1.29, 1.82) is 0 Å². The molecule has 4 heterocycles. The molecular formula is C39H48N6O7. The molecule has 13 heteroatoms. The fraction of sp³-hybridized carbons (Fsp3) is 0.487. The van der Waals surface area contributed by atoms with E-state index in [0.29, 0.717) is 43.2 Å². The maximum atomic E-state index is 14.8. The van der Waals surface area contributed by atoms with Gasteiger partial charge < -0.3 is 29.3 Å². The zero-order chi connectivity index (χ0) is 37.0. The molecule has 3 amide bonds. The van der Waals surface area contributed by atoms with Crippen LogP contribution in [0.3, 0.4) is 0 Å². The number of nitrogens with zero attached hydrogens (tertiary/aromatic N) is 6. The van der Waals surface area contributed by atoms with Crippen molar-refractivity contribution in [2.75, 3.05) is 26.7 Å². The zero-order valence-electron chi connectivity index (χ0n) is 29.9. The average Bonchev–Trinajstić information content (AvgIpc) is 3.91. The second kappa shape index (κ2) is 15.8. The molecule has 2 aromatic carbocycles. The van der Waals surface area contributed by atoms with E-state index < -0.39 is 47.7 Å². The minimum Gasteiger partial charge on any atom is -0.455 e. The van der Waals surface area contributed by atoms with Crippen LogP contribution >= 0.6 is 0 Å². The van der Waals surface area contributed by atoms with Gasteiger partial charge in [-0.25, -0.2) is 4.68 Å². The average molecular weight is 713 g/mol. The Balaban J connectivity index is 1.31. The van der Waals surface area contributed by atoms with Crippen molar-refractivity contribution in [3.05, 3.63) is 85.5 Å². The third-order valence-electron chi connectivity index (χ3n) is 10.9. The van der Waals surface area contributed by atoms with Gasteiger partial charge in [-0.15, -0.1) is 18.3 Å². The molecule has 276 valence electrons. The van der Waals surface area contributed by atoms with Gasteiger partial charge in [0.15, 0.2) is 0 Å². The number of carbonyl (C=O) groups is 4. The summed E-state index contributed by atoms with van der Waals surface area (Å²) in [6.45, 7) is 9.81. The predicted molar refractivity (Wildman–Crippen MR) is 192 cm³/mol. The van der Waals surface area contributed by atoms with E-state index in [2.05, 4.69) is 23.5 Å². The summed E-state index contributed by atoms with van der Waals surface area (Å²) < 4.78 is 14.6. The standard InChI is InChI=1S/C39H48N6O7/c1-5-7-19-31(47)42(4)26(3)34(27-15-9-8-10-16-27)51-38(50)32-30-20-21-39(52-30)33(32)36(48)44(23-13-14-24-46)35(39)37(49)43(22-6-2)25-45-29-18-12-11-17-28(29)40-41-45/h5-6,8-12,15-18,26,30,32-35,46H,1-2,7,13-14,19-25H2,3-4H3/t26-,30-,32+,33+,34+,35-,39+/m0/s1. The van der Waals surface area contributed by atoms with E-state index in [9.17, 15) is 24.3 Å². The number of hydrogen-bond acceptors (Lipinski definition) is 9. The Labute approximate surface area is 303 Å². The number of para-hydroxylation sites is 1. The number of fused-ring (bicyclic) bond motifs is 2. The van der Waals surface area contributed by atoms with E-state index in [1.54, 1.807) is 38.6 Å². The second-order valence-corrected chi connectivity index (χ2v) is 13.9. The molecule has 7 atom stereocenters. The second-order valence-electron chi connectivity index (χ2n) is 13.9. The first-order valence-corrected chi connectivity index (χ1v) is 18.1. The van der Waals surface area contributed by atoms with Crippen LogP contribution in [0.2, 0.25) is 0 Å². The van der Waals surface area contributed by atoms with Crippen molar-refractivity contribution in [2.24, 2.45) is 11.8 Å². The summed E-state index contributed by atoms with van der Waals surface area (Å²) in [5, 5.41) is 18.1. The van der Waals surface area contributed by atoms with Gasteiger partial charge in [-0.3, -0.25) is 19.2 Å². The Morgan fingerprint density at radius 2 is 1.87 bits per heavy atom. The number of benzene rings is 2. The molecule has 0 unspecified atom stereocenters. The van der Waals surface area contributed by atoms with Crippen molar-refractivity contribution in [1.82, 2.24) is 29.7 Å². The Morgan fingerprint density at radius 1 is 1.12 bits per heavy atom. The van der Waals surface area contributed by atoms with Crippen LogP contribution in [-0.4, -0.2) is 109 Å². The van der Waals surface area contributed by atoms with Gasteiger partial charge in [0.1, 0.15) is 29.9 Å². The highest BCUT2D eigenvalue weighted by molar-refractivity contribution is 5.98. The zero-order valence-corrected chi connectivity index (χ0v) is 29.9. The number of esters is 1. The molecule has 3 fully saturated rings. The highest BCUT2D eigenvalue weighted by Gasteiger charge is 2.75. The molecule has 1 spiro atoms. The number of rotatable bonds is 17. The van der Waals surface area contributed by atoms with Gasteiger partial charge in [-0.1, -0.05) is 59.8 Å². The third-order valence-corrected chi connectivity index (χ3v) is 10.9. The molecule has 1 aromatic heterocycles. The lowest BCUT2D eigenvalue weighted by molar-refractivity contribution is -0.164. The minimum absolute atomic E-state index is 0.0612. The molecule has 2 bridgehead atoms. The van der Waals surface area contributed by atoms with E-state index in [1.807, 2.05) is 61.5 Å². The first-order valence-electron chi connectivity index (χ1n) is 18.1. The van der Waals surface area contributed by atoms with E-state index in [4.69, 9.17) is 9.47 Å². The van der Waals surface area contributed by atoms with Crippen LogP contribution in [-0.2, 0) is 35.3 Å². The summed E-state index contributed by atoms with van der Waals surface area (Å²) in [6, 6.07) is 15.1. The number of likely N-dealkylation sites (N-methyl/N-ethyl adjacent to an activating group) is 1. The predicted octanol–water partition coefficient (Wildman–Crippen LogP) is 3.65. The molecular weight excluding hydrogens is 664 g/mol. The Kier molecular flexibility index (Phi) is 11.2. The van der Waals surface area contributed by atoms with E-state index in [-0.39, 0.29) is 50.5 Å². The number of amides is 3. The molecule has 3 aliphatic heterocycles. The largest absolute Gasteiger partial charge is 0.455 e. The molecule has 13 nitrogen and oxygen atoms in total. The molecule has 52 heavy (non-hydrogen) atoms. The van der Waals surface area contributed by atoms with Crippen molar-refractivity contribution < 1.29 is 33.8 Å². The van der Waals surface area contributed by atoms with Crippen molar-refractivity contribution in [2.45, 2.75) is 82.0 Å². The van der Waals surface area contributed by atoms with Crippen LogP contribution < -0.4 is 0 Å². The Hall–Kier alpha value is -4.88. The summed E-state index contributed by atoms with van der Waals surface area (Å²) in [7, 11) is 1.69. The van der Waals surface area contributed by atoms with Crippen LogP contribution in [0.1, 0.15) is 57.1 Å². The summed E-state index contributed by atoms with van der Waals surface area (Å²) in [6.07, 6.45) is 4.44. The topological polar surface area (TPSA) is 147 Å². The molecule has 6 rings (SSSR count). The first-order chi connectivity index (χ1) is 25.2. The van der Waals surface area contributed by atoms with Crippen molar-refractivity contribution in [3.8, 4) is 0 Å². The number of aliphatic hydroxyl groups excluding tert-OH is 1. The minimum atomic E-state index is -1.25. The van der Waals surface area contributed by atoms with Crippen LogP contribution in [0.15, 0.2) is 79.9 Å². The smallest absolute Gasteiger partial charge is 0.313 e. The van der Waals surface area contributed by atoms with Gasteiger partial charge in [0.2, 0.25) is 17.7 Å². The summed E-state index contributed by atoms with van der Waals surface area (Å²) in [5.74, 6) is -3.29. The van der Waals surface area contributed by atoms with Crippen LogP contribution in [0.5, 0.6) is 0 Å².